The normalized spacial score (nSPS) is 12.4. The molecule has 4 heteroatoms. The lowest BCUT2D eigenvalue weighted by atomic mass is 9.99. The molecular formula is C14H12ClF2N. The Labute approximate surface area is 109 Å². The van der Waals surface area contributed by atoms with E-state index in [1.807, 2.05) is 0 Å². The van der Waals surface area contributed by atoms with Crippen LogP contribution in [0.25, 0.3) is 0 Å². The first-order valence-electron chi connectivity index (χ1n) is 5.49. The molecule has 1 atom stereocenters. The van der Waals surface area contributed by atoms with Gasteiger partial charge >= 0.3 is 0 Å². The Bertz CT molecular complexity index is 557. The number of nitrogens with one attached hydrogen (secondary N) is 1. The molecule has 2 aromatic carbocycles. The molecule has 1 unspecified atom stereocenters. The van der Waals surface area contributed by atoms with E-state index in [-0.39, 0.29) is 16.9 Å². The van der Waals surface area contributed by atoms with Crippen LogP contribution in [-0.2, 0) is 0 Å². The molecule has 0 aliphatic heterocycles. The summed E-state index contributed by atoms with van der Waals surface area (Å²) in [6.07, 6.45) is 0. The molecule has 1 nitrogen and oxygen atoms in total. The van der Waals surface area contributed by atoms with Gasteiger partial charge in [0, 0.05) is 0 Å². The van der Waals surface area contributed by atoms with Crippen molar-refractivity contribution in [2.75, 3.05) is 7.05 Å². The van der Waals surface area contributed by atoms with Crippen molar-refractivity contribution < 1.29 is 8.78 Å². The summed E-state index contributed by atoms with van der Waals surface area (Å²) in [6.45, 7) is 0. The first kappa shape index (κ1) is 13.0. The zero-order chi connectivity index (χ0) is 13.1. The minimum atomic E-state index is -0.481. The van der Waals surface area contributed by atoms with Crippen LogP contribution in [0.5, 0.6) is 0 Å². The molecule has 2 aromatic rings. The van der Waals surface area contributed by atoms with E-state index in [0.717, 1.165) is 5.56 Å². The maximum atomic E-state index is 13.4. The standard InChI is InChI=1S/C14H12ClF2N/c1-18-14(9-3-2-4-11(16)7-9)10-5-6-12(15)13(17)8-10/h2-8,14,18H,1H3. The van der Waals surface area contributed by atoms with Gasteiger partial charge in [-0.1, -0.05) is 29.8 Å². The summed E-state index contributed by atoms with van der Waals surface area (Å²) in [6, 6.07) is 10.5. The summed E-state index contributed by atoms with van der Waals surface area (Å²) in [5.74, 6) is -0.798. The van der Waals surface area contributed by atoms with Crippen molar-refractivity contribution in [2.24, 2.45) is 0 Å². The Hall–Kier alpha value is -1.45. The fraction of sp³-hybridized carbons (Fsp3) is 0.143. The van der Waals surface area contributed by atoms with Gasteiger partial charge in [-0.05, 0) is 42.4 Å². The van der Waals surface area contributed by atoms with Crippen LogP contribution in [0.2, 0.25) is 5.02 Å². The predicted molar refractivity (Wildman–Crippen MR) is 68.7 cm³/mol. The van der Waals surface area contributed by atoms with Crippen LogP contribution in [-0.4, -0.2) is 7.05 Å². The molecule has 0 saturated carbocycles. The van der Waals surface area contributed by atoms with E-state index in [1.54, 1.807) is 25.2 Å². The van der Waals surface area contributed by atoms with Gasteiger partial charge in [-0.15, -0.1) is 0 Å². The average Bonchev–Trinajstić information content (AvgIpc) is 2.35. The zero-order valence-corrected chi connectivity index (χ0v) is 10.5. The highest BCUT2D eigenvalue weighted by molar-refractivity contribution is 6.30. The highest BCUT2D eigenvalue weighted by Crippen LogP contribution is 2.25. The number of hydrogen-bond acceptors (Lipinski definition) is 1. The number of halogens is 3. The highest BCUT2D eigenvalue weighted by atomic mass is 35.5. The summed E-state index contributed by atoms with van der Waals surface area (Å²) < 4.78 is 26.6. The lowest BCUT2D eigenvalue weighted by Gasteiger charge is -2.17. The number of hydrogen-bond donors (Lipinski definition) is 1. The maximum Gasteiger partial charge on any atom is 0.142 e. The van der Waals surface area contributed by atoms with Crippen molar-refractivity contribution in [1.82, 2.24) is 5.32 Å². The second-order valence-corrected chi connectivity index (χ2v) is 4.36. The third kappa shape index (κ3) is 2.68. The van der Waals surface area contributed by atoms with E-state index in [1.165, 1.54) is 24.3 Å². The summed E-state index contributed by atoms with van der Waals surface area (Å²) >= 11 is 5.64. The average molecular weight is 268 g/mol. The first-order chi connectivity index (χ1) is 8.61. The van der Waals surface area contributed by atoms with Crippen LogP contribution in [0.15, 0.2) is 42.5 Å². The second kappa shape index (κ2) is 5.46. The Balaban J connectivity index is 2.42. The second-order valence-electron chi connectivity index (χ2n) is 3.95. The molecule has 18 heavy (non-hydrogen) atoms. The van der Waals surface area contributed by atoms with Crippen molar-refractivity contribution in [1.29, 1.82) is 0 Å². The molecule has 0 fully saturated rings. The van der Waals surface area contributed by atoms with Gasteiger partial charge in [0.25, 0.3) is 0 Å². The smallest absolute Gasteiger partial charge is 0.142 e. The fourth-order valence-corrected chi connectivity index (χ4v) is 2.02. The van der Waals surface area contributed by atoms with Crippen LogP contribution in [0.1, 0.15) is 17.2 Å². The zero-order valence-electron chi connectivity index (χ0n) is 9.75. The molecule has 0 heterocycles. The minimum absolute atomic E-state index is 0.0767. The van der Waals surface area contributed by atoms with Crippen LogP contribution in [0, 0.1) is 11.6 Å². The van der Waals surface area contributed by atoms with E-state index in [9.17, 15) is 8.78 Å². The molecule has 0 aliphatic carbocycles. The van der Waals surface area contributed by atoms with E-state index in [4.69, 9.17) is 11.6 Å². The minimum Gasteiger partial charge on any atom is -0.309 e. The van der Waals surface area contributed by atoms with Crippen molar-refractivity contribution in [3.05, 3.63) is 70.2 Å². The summed E-state index contributed by atoms with van der Waals surface area (Å²) in [7, 11) is 1.74. The Morgan fingerprint density at radius 1 is 1.06 bits per heavy atom. The van der Waals surface area contributed by atoms with Gasteiger partial charge in [-0.25, -0.2) is 8.78 Å². The van der Waals surface area contributed by atoms with Gasteiger partial charge < -0.3 is 5.32 Å². The maximum absolute atomic E-state index is 13.4. The third-order valence-electron chi connectivity index (χ3n) is 2.75. The summed E-state index contributed by atoms with van der Waals surface area (Å²) in [4.78, 5) is 0. The predicted octanol–water partition coefficient (Wildman–Crippen LogP) is 3.93. The van der Waals surface area contributed by atoms with E-state index < -0.39 is 5.82 Å². The molecule has 0 saturated heterocycles. The van der Waals surface area contributed by atoms with E-state index in [0.29, 0.717) is 5.56 Å². The monoisotopic (exact) mass is 267 g/mol. The lowest BCUT2D eigenvalue weighted by molar-refractivity contribution is 0.608. The van der Waals surface area contributed by atoms with Crippen LogP contribution in [0.3, 0.4) is 0 Å². The molecule has 1 N–H and O–H groups in total. The molecule has 0 bridgehead atoms. The summed E-state index contributed by atoms with van der Waals surface area (Å²) in [5, 5.41) is 3.11. The number of rotatable bonds is 3. The van der Waals surface area contributed by atoms with Crippen LogP contribution in [0.4, 0.5) is 8.78 Å². The SMILES string of the molecule is CNC(c1cccc(F)c1)c1ccc(Cl)c(F)c1. The Morgan fingerprint density at radius 3 is 2.39 bits per heavy atom. The molecule has 0 amide bonds. The van der Waals surface area contributed by atoms with E-state index >= 15 is 0 Å². The van der Waals surface area contributed by atoms with Gasteiger partial charge in [0.05, 0.1) is 11.1 Å². The van der Waals surface area contributed by atoms with Crippen LogP contribution >= 0.6 is 11.6 Å². The molecule has 94 valence electrons. The number of benzene rings is 2. The topological polar surface area (TPSA) is 12.0 Å². The van der Waals surface area contributed by atoms with Gasteiger partial charge in [-0.3, -0.25) is 0 Å². The van der Waals surface area contributed by atoms with Gasteiger partial charge in [0.2, 0.25) is 0 Å². The molecule has 0 spiro atoms. The molecular weight excluding hydrogens is 256 g/mol. The van der Waals surface area contributed by atoms with Gasteiger partial charge in [0.15, 0.2) is 0 Å². The van der Waals surface area contributed by atoms with Gasteiger partial charge in [0.1, 0.15) is 11.6 Å². The highest BCUT2D eigenvalue weighted by Gasteiger charge is 2.14. The fourth-order valence-electron chi connectivity index (χ4n) is 1.90. The molecule has 0 radical (unpaired) electrons. The quantitative estimate of drug-likeness (QED) is 0.889. The molecule has 0 aliphatic rings. The molecule has 0 aromatic heterocycles. The first-order valence-corrected chi connectivity index (χ1v) is 5.87. The van der Waals surface area contributed by atoms with Crippen molar-refractivity contribution in [2.45, 2.75) is 6.04 Å². The largest absolute Gasteiger partial charge is 0.309 e. The van der Waals surface area contributed by atoms with Crippen molar-refractivity contribution in [3.63, 3.8) is 0 Å². The van der Waals surface area contributed by atoms with Gasteiger partial charge in [-0.2, -0.15) is 0 Å². The van der Waals surface area contributed by atoms with Crippen molar-refractivity contribution >= 4 is 11.6 Å². The van der Waals surface area contributed by atoms with E-state index in [2.05, 4.69) is 5.32 Å². The Kier molecular flexibility index (Phi) is 3.94. The molecule has 2 rings (SSSR count). The Morgan fingerprint density at radius 2 is 1.78 bits per heavy atom. The van der Waals surface area contributed by atoms with Crippen molar-refractivity contribution in [3.8, 4) is 0 Å². The third-order valence-corrected chi connectivity index (χ3v) is 3.05. The summed E-state index contributed by atoms with van der Waals surface area (Å²) in [5.41, 5.74) is 1.43. The lowest BCUT2D eigenvalue weighted by Crippen LogP contribution is -2.17. The van der Waals surface area contributed by atoms with Crippen LogP contribution < -0.4 is 5.32 Å².